The number of aliphatic hydroxyl groups excluding tert-OH is 1. The molecule has 1 aromatic carbocycles. The van der Waals surface area contributed by atoms with Crippen LogP contribution in [0, 0.1) is 5.92 Å². The van der Waals surface area contributed by atoms with Crippen molar-refractivity contribution in [1.82, 2.24) is 10.6 Å². The molecule has 3 N–H and O–H groups in total. The van der Waals surface area contributed by atoms with Crippen LogP contribution in [0.4, 0.5) is 13.6 Å². The van der Waals surface area contributed by atoms with Gasteiger partial charge in [0.25, 0.3) is 0 Å². The van der Waals surface area contributed by atoms with E-state index < -0.39 is 6.61 Å². The highest BCUT2D eigenvalue weighted by Gasteiger charge is 2.22. The lowest BCUT2D eigenvalue weighted by atomic mass is 9.87. The molecule has 2 amide bonds. The summed E-state index contributed by atoms with van der Waals surface area (Å²) in [6.45, 7) is -0.815. The van der Waals surface area contributed by atoms with Crippen molar-refractivity contribution in [3.8, 4) is 5.75 Å². The largest absolute Gasteiger partial charge is 0.435 e. The molecule has 1 aromatic rings. The number of halogens is 2. The van der Waals surface area contributed by atoms with Gasteiger partial charge in [-0.1, -0.05) is 12.1 Å². The Morgan fingerprint density at radius 2 is 1.88 bits per heavy atom. The van der Waals surface area contributed by atoms with E-state index in [1.54, 1.807) is 12.1 Å². The molecular weight excluding hydrogens is 318 g/mol. The van der Waals surface area contributed by atoms with Gasteiger partial charge in [-0.05, 0) is 56.2 Å². The molecule has 0 spiro atoms. The highest BCUT2D eigenvalue weighted by atomic mass is 19.3. The number of hydrogen-bond donors (Lipinski definition) is 3. The number of ether oxygens (including phenoxy) is 1. The molecule has 7 heteroatoms. The fourth-order valence-corrected chi connectivity index (χ4v) is 2.93. The minimum absolute atomic E-state index is 0.0889. The lowest BCUT2D eigenvalue weighted by Gasteiger charge is -2.28. The third-order valence-corrected chi connectivity index (χ3v) is 4.39. The molecular formula is C17H24F2N2O3. The normalized spacial score (nSPS) is 22.0. The molecule has 5 nitrogen and oxygen atoms in total. The predicted molar refractivity (Wildman–Crippen MR) is 86.0 cm³/mol. The van der Waals surface area contributed by atoms with Crippen molar-refractivity contribution in [2.75, 3.05) is 6.61 Å². The first-order chi connectivity index (χ1) is 11.5. The van der Waals surface area contributed by atoms with E-state index in [2.05, 4.69) is 15.4 Å². The highest BCUT2D eigenvalue weighted by Crippen LogP contribution is 2.24. The van der Waals surface area contributed by atoms with Crippen LogP contribution in [0.25, 0.3) is 0 Å². The zero-order valence-electron chi connectivity index (χ0n) is 13.7. The van der Waals surface area contributed by atoms with Crippen molar-refractivity contribution in [2.45, 2.75) is 51.3 Å². The van der Waals surface area contributed by atoms with Gasteiger partial charge in [-0.25, -0.2) is 4.79 Å². The molecule has 0 saturated heterocycles. The Labute approximate surface area is 140 Å². The Bertz CT molecular complexity index is 517. The Hall–Kier alpha value is -1.89. The first kappa shape index (κ1) is 18.4. The van der Waals surface area contributed by atoms with Crippen molar-refractivity contribution in [2.24, 2.45) is 5.92 Å². The molecule has 1 aliphatic rings. The van der Waals surface area contributed by atoms with Gasteiger partial charge in [-0.15, -0.1) is 0 Å². The van der Waals surface area contributed by atoms with Gasteiger partial charge in [-0.2, -0.15) is 8.78 Å². The van der Waals surface area contributed by atoms with E-state index in [4.69, 9.17) is 5.11 Å². The first-order valence-electron chi connectivity index (χ1n) is 8.20. The van der Waals surface area contributed by atoms with E-state index in [1.165, 1.54) is 12.1 Å². The second kappa shape index (κ2) is 8.82. The zero-order chi connectivity index (χ0) is 17.5. The molecule has 1 atom stereocenters. The van der Waals surface area contributed by atoms with Crippen molar-refractivity contribution in [1.29, 1.82) is 0 Å². The third kappa shape index (κ3) is 5.63. The Balaban J connectivity index is 1.79. The molecule has 2 rings (SSSR count). The summed E-state index contributed by atoms with van der Waals surface area (Å²) < 4.78 is 28.5. The summed E-state index contributed by atoms with van der Waals surface area (Å²) in [7, 11) is 0. The topological polar surface area (TPSA) is 70.6 Å². The smallest absolute Gasteiger partial charge is 0.387 e. The molecule has 24 heavy (non-hydrogen) atoms. The number of alkyl halides is 2. The van der Waals surface area contributed by atoms with Gasteiger partial charge in [0.2, 0.25) is 0 Å². The summed E-state index contributed by atoms with van der Waals surface area (Å²) >= 11 is 0. The minimum Gasteiger partial charge on any atom is -0.435 e. The van der Waals surface area contributed by atoms with Crippen molar-refractivity contribution < 1.29 is 23.4 Å². The van der Waals surface area contributed by atoms with E-state index in [1.807, 2.05) is 6.92 Å². The number of carbonyl (C=O) groups is 1. The van der Waals surface area contributed by atoms with Gasteiger partial charge in [0.15, 0.2) is 0 Å². The molecule has 1 fully saturated rings. The molecule has 1 saturated carbocycles. The molecule has 0 aliphatic heterocycles. The van der Waals surface area contributed by atoms with E-state index in [-0.39, 0.29) is 30.5 Å². The quantitative estimate of drug-likeness (QED) is 0.743. The average Bonchev–Trinajstić information content (AvgIpc) is 2.55. The number of amides is 2. The Morgan fingerprint density at radius 1 is 1.25 bits per heavy atom. The lowest BCUT2D eigenvalue weighted by molar-refractivity contribution is -0.0498. The number of rotatable bonds is 6. The minimum atomic E-state index is -2.85. The number of aliphatic hydroxyl groups is 1. The molecule has 134 valence electrons. The maximum atomic E-state index is 12.1. The summed E-state index contributed by atoms with van der Waals surface area (Å²) in [6.07, 6.45) is 3.57. The van der Waals surface area contributed by atoms with Crippen LogP contribution in [-0.2, 0) is 0 Å². The average molecular weight is 342 g/mol. The van der Waals surface area contributed by atoms with Crippen LogP contribution in [-0.4, -0.2) is 30.4 Å². The van der Waals surface area contributed by atoms with Gasteiger partial charge in [0, 0.05) is 12.6 Å². The predicted octanol–water partition coefficient (Wildman–Crippen LogP) is 3.20. The van der Waals surface area contributed by atoms with Gasteiger partial charge < -0.3 is 20.5 Å². The van der Waals surface area contributed by atoms with E-state index >= 15 is 0 Å². The second-order valence-electron chi connectivity index (χ2n) is 6.19. The standard InChI is InChI=1S/C17H24F2N2O3/c1-11(13-4-8-15(9-5-13)24-16(18)19)20-17(23)21-14-6-2-12(10-22)3-7-14/h4-5,8-9,11-12,14,16,22H,2-3,6-7,10H2,1H3,(H2,20,21,23). The number of benzene rings is 1. The Kier molecular flexibility index (Phi) is 6.78. The van der Waals surface area contributed by atoms with E-state index in [0.717, 1.165) is 31.2 Å². The van der Waals surface area contributed by atoms with Gasteiger partial charge in [0.05, 0.1) is 6.04 Å². The number of carbonyl (C=O) groups excluding carboxylic acids is 1. The fraction of sp³-hybridized carbons (Fsp3) is 0.588. The van der Waals surface area contributed by atoms with Crippen molar-refractivity contribution in [3.05, 3.63) is 29.8 Å². The van der Waals surface area contributed by atoms with Gasteiger partial charge in [0.1, 0.15) is 5.75 Å². The van der Waals surface area contributed by atoms with Crippen molar-refractivity contribution in [3.63, 3.8) is 0 Å². The fourth-order valence-electron chi connectivity index (χ4n) is 2.93. The van der Waals surface area contributed by atoms with Crippen LogP contribution in [0.1, 0.15) is 44.2 Å². The molecule has 1 unspecified atom stereocenters. The van der Waals surface area contributed by atoms with Crippen LogP contribution in [0.5, 0.6) is 5.75 Å². The molecule has 0 heterocycles. The van der Waals surface area contributed by atoms with Crippen LogP contribution in [0.3, 0.4) is 0 Å². The second-order valence-corrected chi connectivity index (χ2v) is 6.19. The Morgan fingerprint density at radius 3 is 2.42 bits per heavy atom. The van der Waals surface area contributed by atoms with Crippen LogP contribution in [0.2, 0.25) is 0 Å². The summed E-state index contributed by atoms with van der Waals surface area (Å²) in [6, 6.07) is 5.83. The highest BCUT2D eigenvalue weighted by molar-refractivity contribution is 5.74. The first-order valence-corrected chi connectivity index (χ1v) is 8.20. The van der Waals surface area contributed by atoms with E-state index in [9.17, 15) is 13.6 Å². The monoisotopic (exact) mass is 342 g/mol. The molecule has 0 bridgehead atoms. The van der Waals surface area contributed by atoms with Crippen molar-refractivity contribution >= 4 is 6.03 Å². The van der Waals surface area contributed by atoms with Crippen LogP contribution < -0.4 is 15.4 Å². The van der Waals surface area contributed by atoms with Crippen LogP contribution in [0.15, 0.2) is 24.3 Å². The van der Waals surface area contributed by atoms with Gasteiger partial charge in [-0.3, -0.25) is 0 Å². The molecule has 0 radical (unpaired) electrons. The maximum absolute atomic E-state index is 12.1. The number of hydrogen-bond acceptors (Lipinski definition) is 3. The van der Waals surface area contributed by atoms with Crippen LogP contribution >= 0.6 is 0 Å². The molecule has 0 aromatic heterocycles. The zero-order valence-corrected chi connectivity index (χ0v) is 13.7. The lowest BCUT2D eigenvalue weighted by Crippen LogP contribution is -2.44. The summed E-state index contributed by atoms with van der Waals surface area (Å²) in [5.74, 6) is 0.435. The number of urea groups is 1. The summed E-state index contributed by atoms with van der Waals surface area (Å²) in [5.41, 5.74) is 0.802. The summed E-state index contributed by atoms with van der Waals surface area (Å²) in [4.78, 5) is 12.1. The molecule has 1 aliphatic carbocycles. The number of nitrogens with one attached hydrogen (secondary N) is 2. The SMILES string of the molecule is CC(NC(=O)NC1CCC(CO)CC1)c1ccc(OC(F)F)cc1. The van der Waals surface area contributed by atoms with Gasteiger partial charge >= 0.3 is 12.6 Å². The maximum Gasteiger partial charge on any atom is 0.387 e. The van der Waals surface area contributed by atoms with E-state index in [0.29, 0.717) is 5.92 Å². The summed E-state index contributed by atoms with van der Waals surface area (Å²) in [5, 5.41) is 14.9. The third-order valence-electron chi connectivity index (χ3n) is 4.39.